The van der Waals surface area contributed by atoms with Gasteiger partial charge in [0, 0.05) is 30.7 Å². The fourth-order valence-corrected chi connectivity index (χ4v) is 3.16. The summed E-state index contributed by atoms with van der Waals surface area (Å²) in [5, 5.41) is 3.05. The summed E-state index contributed by atoms with van der Waals surface area (Å²) in [5.74, 6) is 0.569. The van der Waals surface area contributed by atoms with E-state index in [1.54, 1.807) is 0 Å². The third kappa shape index (κ3) is 6.40. The molecule has 1 N–H and O–H groups in total. The molecule has 0 heterocycles. The Labute approximate surface area is 163 Å². The van der Waals surface area contributed by atoms with Crippen molar-refractivity contribution < 1.29 is 9.53 Å². The number of hydrogen-bond acceptors (Lipinski definition) is 3. The molecular formula is C23H32N2O2. The van der Waals surface area contributed by atoms with Crippen LogP contribution in [0.15, 0.2) is 54.6 Å². The number of carbonyl (C=O) groups excluding carboxylic acids is 1. The minimum atomic E-state index is -0.667. The highest BCUT2D eigenvalue weighted by molar-refractivity contribution is 5.82. The van der Waals surface area contributed by atoms with Gasteiger partial charge in [-0.1, -0.05) is 48.0 Å². The van der Waals surface area contributed by atoms with Crippen molar-refractivity contribution in [2.24, 2.45) is 0 Å². The third-order valence-corrected chi connectivity index (χ3v) is 4.61. The fourth-order valence-electron chi connectivity index (χ4n) is 3.16. The molecule has 1 atom stereocenters. The summed E-state index contributed by atoms with van der Waals surface area (Å²) in [5.41, 5.74) is 2.01. The molecule has 0 bridgehead atoms. The Bertz CT molecular complexity index is 688. The molecule has 0 unspecified atom stereocenters. The van der Waals surface area contributed by atoms with Gasteiger partial charge in [0.25, 0.3) is 5.91 Å². The maximum absolute atomic E-state index is 12.9. The van der Waals surface area contributed by atoms with Gasteiger partial charge in [0.05, 0.1) is 0 Å². The summed E-state index contributed by atoms with van der Waals surface area (Å²) >= 11 is 0. The molecule has 0 aliphatic rings. The van der Waals surface area contributed by atoms with Crippen molar-refractivity contribution in [2.75, 3.05) is 13.1 Å². The van der Waals surface area contributed by atoms with Gasteiger partial charge in [-0.05, 0) is 46.8 Å². The SMILES string of the molecule is Cc1ccc([C@@H](Oc2ccccc2)C(=O)NCCN(C(C)C)C(C)C)cc1. The van der Waals surface area contributed by atoms with Gasteiger partial charge in [0.2, 0.25) is 6.10 Å². The van der Waals surface area contributed by atoms with Crippen LogP contribution in [-0.4, -0.2) is 36.0 Å². The normalized spacial score (nSPS) is 12.4. The quantitative estimate of drug-likeness (QED) is 0.715. The number of hydrogen-bond donors (Lipinski definition) is 1. The summed E-state index contributed by atoms with van der Waals surface area (Å²) in [6.45, 7) is 12.1. The van der Waals surface area contributed by atoms with E-state index in [0.717, 1.165) is 17.7 Å². The molecule has 0 aliphatic heterocycles. The van der Waals surface area contributed by atoms with Gasteiger partial charge in [0.15, 0.2) is 0 Å². The molecule has 2 aromatic carbocycles. The van der Waals surface area contributed by atoms with E-state index < -0.39 is 6.10 Å². The molecule has 2 rings (SSSR count). The molecule has 0 saturated heterocycles. The van der Waals surface area contributed by atoms with E-state index in [1.165, 1.54) is 0 Å². The largest absolute Gasteiger partial charge is 0.476 e. The van der Waals surface area contributed by atoms with Crippen LogP contribution in [0.2, 0.25) is 0 Å². The van der Waals surface area contributed by atoms with Crippen LogP contribution in [0.3, 0.4) is 0 Å². The Morgan fingerprint density at radius 1 is 0.963 bits per heavy atom. The second kappa shape index (κ2) is 10.1. The van der Waals surface area contributed by atoms with E-state index in [4.69, 9.17) is 4.74 Å². The number of carbonyl (C=O) groups is 1. The molecule has 0 spiro atoms. The zero-order valence-corrected chi connectivity index (χ0v) is 17.1. The molecule has 0 aliphatic carbocycles. The number of aryl methyl sites for hydroxylation is 1. The van der Waals surface area contributed by atoms with Crippen LogP contribution in [0.5, 0.6) is 5.75 Å². The third-order valence-electron chi connectivity index (χ3n) is 4.61. The minimum Gasteiger partial charge on any atom is -0.476 e. The Hall–Kier alpha value is -2.33. The highest BCUT2D eigenvalue weighted by Gasteiger charge is 2.23. The van der Waals surface area contributed by atoms with Crippen molar-refractivity contribution in [3.8, 4) is 5.75 Å². The maximum atomic E-state index is 12.9. The van der Waals surface area contributed by atoms with Crippen LogP contribution in [0.1, 0.15) is 44.9 Å². The van der Waals surface area contributed by atoms with Gasteiger partial charge in [-0.2, -0.15) is 0 Å². The van der Waals surface area contributed by atoms with Crippen molar-refractivity contribution in [1.82, 2.24) is 10.2 Å². The van der Waals surface area contributed by atoms with E-state index in [9.17, 15) is 4.79 Å². The zero-order chi connectivity index (χ0) is 19.8. The lowest BCUT2D eigenvalue weighted by atomic mass is 10.1. The molecule has 4 nitrogen and oxygen atoms in total. The van der Waals surface area contributed by atoms with Gasteiger partial charge in [-0.25, -0.2) is 0 Å². The van der Waals surface area contributed by atoms with Crippen LogP contribution in [0.25, 0.3) is 0 Å². The van der Waals surface area contributed by atoms with Crippen molar-refractivity contribution in [3.05, 3.63) is 65.7 Å². The van der Waals surface area contributed by atoms with Gasteiger partial charge in [0.1, 0.15) is 5.75 Å². The average Bonchev–Trinajstić information content (AvgIpc) is 2.64. The first kappa shape index (κ1) is 21.0. The predicted octanol–water partition coefficient (Wildman–Crippen LogP) is 4.35. The lowest BCUT2D eigenvalue weighted by Gasteiger charge is -2.30. The van der Waals surface area contributed by atoms with E-state index in [2.05, 4.69) is 37.9 Å². The van der Waals surface area contributed by atoms with Gasteiger partial charge >= 0.3 is 0 Å². The highest BCUT2D eigenvalue weighted by Crippen LogP contribution is 2.22. The molecule has 0 fully saturated rings. The molecule has 0 radical (unpaired) electrons. The molecule has 1 amide bonds. The molecule has 27 heavy (non-hydrogen) atoms. The molecule has 146 valence electrons. The second-order valence-electron chi connectivity index (χ2n) is 7.44. The first-order valence-corrected chi connectivity index (χ1v) is 9.70. The van der Waals surface area contributed by atoms with Crippen LogP contribution in [0.4, 0.5) is 0 Å². The van der Waals surface area contributed by atoms with Crippen LogP contribution in [0, 0.1) is 6.92 Å². The van der Waals surface area contributed by atoms with Crippen molar-refractivity contribution in [1.29, 1.82) is 0 Å². The van der Waals surface area contributed by atoms with Gasteiger partial charge in [-0.15, -0.1) is 0 Å². The van der Waals surface area contributed by atoms with Crippen LogP contribution < -0.4 is 10.1 Å². The fraction of sp³-hybridized carbons (Fsp3) is 0.435. The number of nitrogens with zero attached hydrogens (tertiary/aromatic N) is 1. The van der Waals surface area contributed by atoms with Crippen molar-refractivity contribution >= 4 is 5.91 Å². The number of rotatable bonds is 9. The average molecular weight is 369 g/mol. The maximum Gasteiger partial charge on any atom is 0.265 e. The van der Waals surface area contributed by atoms with Crippen LogP contribution >= 0.6 is 0 Å². The smallest absolute Gasteiger partial charge is 0.265 e. The molecule has 2 aromatic rings. The summed E-state index contributed by atoms with van der Waals surface area (Å²) in [4.78, 5) is 15.3. The van der Waals surface area contributed by atoms with E-state index in [0.29, 0.717) is 24.4 Å². The Kier molecular flexibility index (Phi) is 7.86. The number of para-hydroxylation sites is 1. The van der Waals surface area contributed by atoms with Gasteiger partial charge < -0.3 is 10.1 Å². The highest BCUT2D eigenvalue weighted by atomic mass is 16.5. The van der Waals surface area contributed by atoms with Crippen molar-refractivity contribution in [2.45, 2.75) is 52.8 Å². The lowest BCUT2D eigenvalue weighted by Crippen LogP contribution is -2.43. The second-order valence-corrected chi connectivity index (χ2v) is 7.44. The number of amides is 1. The van der Waals surface area contributed by atoms with E-state index >= 15 is 0 Å². The zero-order valence-electron chi connectivity index (χ0n) is 17.1. The monoisotopic (exact) mass is 368 g/mol. The molecule has 4 heteroatoms. The molecule has 0 aromatic heterocycles. The first-order valence-electron chi connectivity index (χ1n) is 9.70. The van der Waals surface area contributed by atoms with E-state index in [-0.39, 0.29) is 5.91 Å². The predicted molar refractivity (Wildman–Crippen MR) is 111 cm³/mol. The standard InChI is InChI=1S/C23H32N2O2/c1-17(2)25(18(3)4)16-15-24-23(26)22(20-13-11-19(5)12-14-20)27-21-9-7-6-8-10-21/h6-14,17-18,22H,15-16H2,1-5H3,(H,24,26)/t22-/m1/s1. The topological polar surface area (TPSA) is 41.6 Å². The Morgan fingerprint density at radius 2 is 1.56 bits per heavy atom. The Morgan fingerprint density at radius 3 is 2.11 bits per heavy atom. The number of ether oxygens (including phenoxy) is 1. The van der Waals surface area contributed by atoms with Gasteiger partial charge in [-0.3, -0.25) is 9.69 Å². The molecular weight excluding hydrogens is 336 g/mol. The first-order chi connectivity index (χ1) is 12.9. The van der Waals surface area contributed by atoms with E-state index in [1.807, 2.05) is 61.5 Å². The van der Waals surface area contributed by atoms with Crippen molar-refractivity contribution in [3.63, 3.8) is 0 Å². The Balaban J connectivity index is 2.08. The minimum absolute atomic E-state index is 0.116. The summed E-state index contributed by atoms with van der Waals surface area (Å²) in [6.07, 6.45) is -0.667. The van der Waals surface area contributed by atoms with Crippen LogP contribution in [-0.2, 0) is 4.79 Å². The summed E-state index contributed by atoms with van der Waals surface area (Å²) < 4.78 is 6.03. The molecule has 0 saturated carbocycles. The lowest BCUT2D eigenvalue weighted by molar-refractivity contribution is -0.128. The number of benzene rings is 2. The summed E-state index contributed by atoms with van der Waals surface area (Å²) in [7, 11) is 0. The number of nitrogens with one attached hydrogen (secondary N) is 1. The summed E-state index contributed by atoms with van der Waals surface area (Å²) in [6, 6.07) is 18.3.